The monoisotopic (exact) mass is 337 g/mol. The van der Waals surface area contributed by atoms with E-state index in [1.807, 2.05) is 18.2 Å². The maximum absolute atomic E-state index is 12.9. The predicted octanol–water partition coefficient (Wildman–Crippen LogP) is 4.35. The van der Waals surface area contributed by atoms with E-state index in [-0.39, 0.29) is 5.92 Å². The van der Waals surface area contributed by atoms with Crippen molar-refractivity contribution in [3.63, 3.8) is 0 Å². The molecule has 0 spiro atoms. The van der Waals surface area contributed by atoms with Gasteiger partial charge >= 0.3 is 0 Å². The quantitative estimate of drug-likeness (QED) is 0.731. The molecule has 1 saturated heterocycles. The van der Waals surface area contributed by atoms with Crippen molar-refractivity contribution in [3.05, 3.63) is 35.9 Å². The Bertz CT molecular complexity index is 418. The van der Waals surface area contributed by atoms with Gasteiger partial charge in [0, 0.05) is 17.9 Å². The van der Waals surface area contributed by atoms with Crippen LogP contribution in [0.1, 0.15) is 50.5 Å². The van der Waals surface area contributed by atoms with Gasteiger partial charge in [-0.3, -0.25) is 4.79 Å². The number of alkyl halides is 1. The van der Waals surface area contributed by atoms with E-state index in [0.717, 1.165) is 43.1 Å². The summed E-state index contributed by atoms with van der Waals surface area (Å²) in [5, 5.41) is 0.976. The molecule has 20 heavy (non-hydrogen) atoms. The third-order valence-corrected chi connectivity index (χ3v) is 4.72. The first kappa shape index (κ1) is 15.6. The van der Waals surface area contributed by atoms with Gasteiger partial charge in [0.1, 0.15) is 0 Å². The molecule has 2 rings (SSSR count). The molecule has 3 heteroatoms. The Balaban J connectivity index is 2.14. The highest BCUT2D eigenvalue weighted by Gasteiger charge is 2.30. The molecule has 1 fully saturated rings. The van der Waals surface area contributed by atoms with Gasteiger partial charge in [0.25, 0.3) is 0 Å². The molecule has 0 N–H and O–H groups in total. The number of likely N-dealkylation sites (tertiary alicyclic amines) is 1. The summed E-state index contributed by atoms with van der Waals surface area (Å²) in [6.07, 6.45) is 5.50. The van der Waals surface area contributed by atoms with Crippen LogP contribution in [0.15, 0.2) is 30.3 Å². The molecule has 0 aliphatic carbocycles. The summed E-state index contributed by atoms with van der Waals surface area (Å²) in [4.78, 5) is 15.1. The number of hydrogen-bond acceptors (Lipinski definition) is 1. The van der Waals surface area contributed by atoms with E-state index in [1.54, 1.807) is 0 Å². The molecule has 2 atom stereocenters. The number of amides is 1. The van der Waals surface area contributed by atoms with Crippen LogP contribution in [0.3, 0.4) is 0 Å². The SMILES string of the molecule is CCC(C(=O)N1CCCCC1CCBr)c1ccccc1. The van der Waals surface area contributed by atoms with Crippen LogP contribution in [0.2, 0.25) is 0 Å². The molecule has 110 valence electrons. The Morgan fingerprint density at radius 2 is 2.10 bits per heavy atom. The Labute approximate surface area is 130 Å². The van der Waals surface area contributed by atoms with Crippen LogP contribution in [0, 0.1) is 0 Å². The van der Waals surface area contributed by atoms with E-state index >= 15 is 0 Å². The van der Waals surface area contributed by atoms with Crippen LogP contribution in [0.25, 0.3) is 0 Å². The molecule has 0 saturated carbocycles. The van der Waals surface area contributed by atoms with Gasteiger partial charge < -0.3 is 4.90 Å². The minimum atomic E-state index is 0.0205. The Morgan fingerprint density at radius 1 is 1.35 bits per heavy atom. The van der Waals surface area contributed by atoms with E-state index in [0.29, 0.717) is 11.9 Å². The molecule has 2 unspecified atom stereocenters. The fraction of sp³-hybridized carbons (Fsp3) is 0.588. The fourth-order valence-electron chi connectivity index (χ4n) is 3.16. The van der Waals surface area contributed by atoms with Gasteiger partial charge in [0.05, 0.1) is 5.92 Å². The minimum Gasteiger partial charge on any atom is -0.339 e. The predicted molar refractivity (Wildman–Crippen MR) is 87.2 cm³/mol. The number of rotatable bonds is 5. The lowest BCUT2D eigenvalue weighted by molar-refractivity contribution is -0.136. The molecule has 0 aromatic heterocycles. The van der Waals surface area contributed by atoms with E-state index in [1.165, 1.54) is 6.42 Å². The van der Waals surface area contributed by atoms with Crippen LogP contribution < -0.4 is 0 Å². The van der Waals surface area contributed by atoms with Crippen LogP contribution in [0.5, 0.6) is 0 Å². The van der Waals surface area contributed by atoms with Crippen molar-refractivity contribution in [2.75, 3.05) is 11.9 Å². The lowest BCUT2D eigenvalue weighted by Gasteiger charge is -2.37. The van der Waals surface area contributed by atoms with Gasteiger partial charge in [-0.15, -0.1) is 0 Å². The highest BCUT2D eigenvalue weighted by Crippen LogP contribution is 2.28. The molecule has 1 aliphatic heterocycles. The van der Waals surface area contributed by atoms with Crippen molar-refractivity contribution in [1.82, 2.24) is 4.90 Å². The summed E-state index contributed by atoms with van der Waals surface area (Å²) >= 11 is 3.52. The maximum atomic E-state index is 12.9. The zero-order valence-corrected chi connectivity index (χ0v) is 13.8. The van der Waals surface area contributed by atoms with Gasteiger partial charge in [-0.05, 0) is 37.7 Å². The molecule has 1 heterocycles. The number of halogens is 1. The maximum Gasteiger partial charge on any atom is 0.230 e. The normalized spacial score (nSPS) is 20.7. The Morgan fingerprint density at radius 3 is 2.75 bits per heavy atom. The van der Waals surface area contributed by atoms with Crippen molar-refractivity contribution in [1.29, 1.82) is 0 Å². The zero-order chi connectivity index (χ0) is 14.4. The largest absolute Gasteiger partial charge is 0.339 e. The zero-order valence-electron chi connectivity index (χ0n) is 12.2. The molecule has 1 aliphatic rings. The van der Waals surface area contributed by atoms with Crippen LogP contribution in [-0.2, 0) is 4.79 Å². The number of hydrogen-bond donors (Lipinski definition) is 0. The number of carbonyl (C=O) groups excluding carboxylic acids is 1. The van der Waals surface area contributed by atoms with E-state index < -0.39 is 0 Å². The van der Waals surface area contributed by atoms with Gasteiger partial charge in [-0.25, -0.2) is 0 Å². The summed E-state index contributed by atoms with van der Waals surface area (Å²) < 4.78 is 0. The third kappa shape index (κ3) is 3.63. The van der Waals surface area contributed by atoms with Crippen LogP contribution in [0.4, 0.5) is 0 Å². The van der Waals surface area contributed by atoms with E-state index in [9.17, 15) is 4.79 Å². The lowest BCUT2D eigenvalue weighted by Crippen LogP contribution is -2.46. The van der Waals surface area contributed by atoms with Gasteiger partial charge in [0.2, 0.25) is 5.91 Å². The van der Waals surface area contributed by atoms with E-state index in [2.05, 4.69) is 39.9 Å². The van der Waals surface area contributed by atoms with Crippen LogP contribution >= 0.6 is 15.9 Å². The summed E-state index contributed by atoms with van der Waals surface area (Å²) in [5.74, 6) is 0.344. The molecule has 2 nitrogen and oxygen atoms in total. The summed E-state index contributed by atoms with van der Waals surface area (Å²) in [5.41, 5.74) is 1.16. The van der Waals surface area contributed by atoms with Crippen LogP contribution in [-0.4, -0.2) is 28.7 Å². The second-order valence-electron chi connectivity index (χ2n) is 5.53. The van der Waals surface area contributed by atoms with Crippen molar-refractivity contribution < 1.29 is 4.79 Å². The first-order valence-corrected chi connectivity index (χ1v) is 8.81. The smallest absolute Gasteiger partial charge is 0.230 e. The minimum absolute atomic E-state index is 0.0205. The third-order valence-electron chi connectivity index (χ3n) is 4.26. The molecule has 1 amide bonds. The topological polar surface area (TPSA) is 20.3 Å². The molecule has 1 aromatic carbocycles. The lowest BCUT2D eigenvalue weighted by atomic mass is 9.92. The van der Waals surface area contributed by atoms with Gasteiger partial charge in [-0.1, -0.05) is 53.2 Å². The molecular weight excluding hydrogens is 314 g/mol. The number of benzene rings is 1. The first-order chi connectivity index (χ1) is 9.77. The highest BCUT2D eigenvalue weighted by atomic mass is 79.9. The van der Waals surface area contributed by atoms with Crippen molar-refractivity contribution in [2.45, 2.75) is 51.0 Å². The Kier molecular flexibility index (Phi) is 6.08. The van der Waals surface area contributed by atoms with Gasteiger partial charge in [-0.2, -0.15) is 0 Å². The average molecular weight is 338 g/mol. The average Bonchev–Trinajstić information content (AvgIpc) is 2.50. The summed E-state index contributed by atoms with van der Waals surface area (Å²) in [6.45, 7) is 3.04. The second kappa shape index (κ2) is 7.82. The number of nitrogens with zero attached hydrogens (tertiary/aromatic N) is 1. The second-order valence-corrected chi connectivity index (χ2v) is 6.32. The molecule has 1 aromatic rings. The fourth-order valence-corrected chi connectivity index (χ4v) is 3.68. The highest BCUT2D eigenvalue weighted by molar-refractivity contribution is 9.09. The van der Waals surface area contributed by atoms with Gasteiger partial charge in [0.15, 0.2) is 0 Å². The molecule has 0 bridgehead atoms. The first-order valence-electron chi connectivity index (χ1n) is 7.69. The van der Waals surface area contributed by atoms with E-state index in [4.69, 9.17) is 0 Å². The number of piperidine rings is 1. The summed E-state index contributed by atoms with van der Waals surface area (Å²) in [6, 6.07) is 10.6. The molecular formula is C17H24BrNO. The Hall–Kier alpha value is -0.830. The molecule has 0 radical (unpaired) electrons. The van der Waals surface area contributed by atoms with Crippen molar-refractivity contribution >= 4 is 21.8 Å². The van der Waals surface area contributed by atoms with Crippen molar-refractivity contribution in [3.8, 4) is 0 Å². The number of carbonyl (C=O) groups is 1. The summed E-state index contributed by atoms with van der Waals surface area (Å²) in [7, 11) is 0. The standard InChI is InChI=1S/C17H24BrNO/c1-2-16(14-8-4-3-5-9-14)17(20)19-13-7-6-10-15(19)11-12-18/h3-5,8-9,15-16H,2,6-7,10-13H2,1H3. The van der Waals surface area contributed by atoms with Crippen molar-refractivity contribution in [2.24, 2.45) is 0 Å².